The zero-order valence-electron chi connectivity index (χ0n) is 12.6. The molecule has 23 heavy (non-hydrogen) atoms. The van der Waals surface area contributed by atoms with Crippen molar-refractivity contribution in [2.24, 2.45) is 0 Å². The van der Waals surface area contributed by atoms with E-state index in [4.69, 9.17) is 4.52 Å². The molecule has 1 aromatic heterocycles. The van der Waals surface area contributed by atoms with Crippen LogP contribution >= 0.6 is 7.60 Å². The Morgan fingerprint density at radius 1 is 1.22 bits per heavy atom. The van der Waals surface area contributed by atoms with Crippen molar-refractivity contribution in [2.75, 3.05) is 6.61 Å². The quantitative estimate of drug-likeness (QED) is 0.702. The average Bonchev–Trinajstić information content (AvgIpc) is 2.96. The van der Waals surface area contributed by atoms with Gasteiger partial charge in [-0.05, 0) is 36.8 Å². The summed E-state index contributed by atoms with van der Waals surface area (Å²) >= 11 is 0. The summed E-state index contributed by atoms with van der Waals surface area (Å²) in [4.78, 5) is 9.97. The summed E-state index contributed by atoms with van der Waals surface area (Å²) in [6, 6.07) is 14.8. The minimum atomic E-state index is -3.79. The number of H-pyrrole nitrogens is 1. The molecule has 0 aliphatic carbocycles. The number of rotatable bonds is 5. The minimum Gasteiger partial charge on any atom is -0.321 e. The van der Waals surface area contributed by atoms with Gasteiger partial charge in [0.1, 0.15) is 0 Å². The summed E-state index contributed by atoms with van der Waals surface area (Å²) in [5.41, 5.74) is 2.58. The Morgan fingerprint density at radius 2 is 2.00 bits per heavy atom. The molecule has 1 atom stereocenters. The summed E-state index contributed by atoms with van der Waals surface area (Å²) in [5.74, 6) is 0. The number of benzene rings is 2. The van der Waals surface area contributed by atoms with Crippen molar-refractivity contribution in [1.29, 1.82) is 0 Å². The minimum absolute atomic E-state index is 0.179. The van der Waals surface area contributed by atoms with Crippen LogP contribution in [0.3, 0.4) is 0 Å². The van der Waals surface area contributed by atoms with Gasteiger partial charge in [-0.3, -0.25) is 9.66 Å². The van der Waals surface area contributed by atoms with Gasteiger partial charge in [0.2, 0.25) is 0 Å². The highest BCUT2D eigenvalue weighted by Crippen LogP contribution is 2.41. The van der Waals surface area contributed by atoms with Crippen molar-refractivity contribution in [2.45, 2.75) is 6.92 Å². The summed E-state index contributed by atoms with van der Waals surface area (Å²) in [6.45, 7) is 1.87. The molecular formula is C17H17N2O3P. The Hall–Kier alpha value is -2.20. The fraction of sp³-hybridized carbons (Fsp3) is 0.118. The van der Waals surface area contributed by atoms with Crippen LogP contribution < -0.4 is 5.30 Å². The molecule has 1 heterocycles. The SMILES string of the molecule is CCOP(=O)(O)c1ccc2n[nH]c(C=Cc3ccccc3)c2c1. The molecule has 0 saturated heterocycles. The van der Waals surface area contributed by atoms with Gasteiger partial charge in [0.25, 0.3) is 0 Å². The van der Waals surface area contributed by atoms with E-state index < -0.39 is 7.60 Å². The lowest BCUT2D eigenvalue weighted by atomic mass is 10.1. The van der Waals surface area contributed by atoms with E-state index >= 15 is 0 Å². The fourth-order valence-corrected chi connectivity index (χ4v) is 3.37. The van der Waals surface area contributed by atoms with E-state index in [-0.39, 0.29) is 11.9 Å². The Morgan fingerprint density at radius 3 is 2.74 bits per heavy atom. The van der Waals surface area contributed by atoms with E-state index in [0.717, 1.165) is 22.2 Å². The molecule has 1 unspecified atom stereocenters. The number of fused-ring (bicyclic) bond motifs is 1. The standard InChI is InChI=1S/C17H17N2O3P/c1-2-22-23(20,21)14-9-11-17-15(12-14)16(18-19-17)10-8-13-6-4-3-5-7-13/h3-12H,2H2,1H3,(H,18,19)(H,20,21). The van der Waals surface area contributed by atoms with Gasteiger partial charge in [-0.15, -0.1) is 0 Å². The highest BCUT2D eigenvalue weighted by atomic mass is 31.2. The largest absolute Gasteiger partial charge is 0.358 e. The first-order valence-electron chi connectivity index (χ1n) is 7.29. The van der Waals surface area contributed by atoms with Gasteiger partial charge in [0.05, 0.1) is 23.1 Å². The first kappa shape index (κ1) is 15.7. The van der Waals surface area contributed by atoms with Crippen LogP contribution in [0.5, 0.6) is 0 Å². The third-order valence-electron chi connectivity index (χ3n) is 3.44. The second-order valence-corrected chi connectivity index (χ2v) is 6.84. The molecule has 0 spiro atoms. The maximum absolute atomic E-state index is 12.2. The van der Waals surface area contributed by atoms with Crippen LogP contribution in [0.4, 0.5) is 0 Å². The lowest BCUT2D eigenvalue weighted by Gasteiger charge is -2.10. The van der Waals surface area contributed by atoms with Crippen molar-refractivity contribution >= 4 is 36.0 Å². The smallest absolute Gasteiger partial charge is 0.321 e. The molecule has 3 rings (SSSR count). The zero-order valence-corrected chi connectivity index (χ0v) is 13.5. The highest BCUT2D eigenvalue weighted by Gasteiger charge is 2.22. The number of hydrogen-bond acceptors (Lipinski definition) is 3. The van der Waals surface area contributed by atoms with E-state index in [1.807, 2.05) is 42.5 Å². The maximum atomic E-state index is 12.2. The third-order valence-corrected chi connectivity index (χ3v) is 4.98. The molecule has 118 valence electrons. The molecule has 3 aromatic rings. The first-order valence-corrected chi connectivity index (χ1v) is 8.87. The molecule has 6 heteroatoms. The summed E-state index contributed by atoms with van der Waals surface area (Å²) in [5, 5.41) is 8.20. The molecule has 0 radical (unpaired) electrons. The molecule has 0 aliphatic heterocycles. The predicted octanol–water partition coefficient (Wildman–Crippen LogP) is 3.58. The van der Waals surface area contributed by atoms with Crippen LogP contribution in [0, 0.1) is 0 Å². The Kier molecular flexibility index (Phi) is 4.44. The Labute approximate surface area is 134 Å². The second-order valence-electron chi connectivity index (χ2n) is 5.02. The van der Waals surface area contributed by atoms with Gasteiger partial charge in [-0.1, -0.05) is 36.4 Å². The lowest BCUT2D eigenvalue weighted by molar-refractivity contribution is 0.284. The van der Waals surface area contributed by atoms with Crippen molar-refractivity contribution in [3.63, 3.8) is 0 Å². The van der Waals surface area contributed by atoms with E-state index in [9.17, 15) is 9.46 Å². The number of nitrogens with zero attached hydrogens (tertiary/aromatic N) is 1. The van der Waals surface area contributed by atoms with Gasteiger partial charge < -0.3 is 9.42 Å². The van der Waals surface area contributed by atoms with Crippen LogP contribution in [0.1, 0.15) is 18.2 Å². The highest BCUT2D eigenvalue weighted by molar-refractivity contribution is 7.61. The van der Waals surface area contributed by atoms with Crippen molar-refractivity contribution in [3.05, 3.63) is 59.8 Å². The molecule has 0 bridgehead atoms. The summed E-state index contributed by atoms with van der Waals surface area (Å²) < 4.78 is 17.1. The Balaban J connectivity index is 1.99. The van der Waals surface area contributed by atoms with Gasteiger partial charge in [0, 0.05) is 5.39 Å². The van der Waals surface area contributed by atoms with Crippen molar-refractivity contribution < 1.29 is 14.0 Å². The molecule has 2 N–H and O–H groups in total. The Bertz CT molecular complexity index is 887. The van der Waals surface area contributed by atoms with Gasteiger partial charge >= 0.3 is 7.60 Å². The van der Waals surface area contributed by atoms with Gasteiger partial charge in [-0.2, -0.15) is 5.10 Å². The maximum Gasteiger partial charge on any atom is 0.358 e. The first-order chi connectivity index (χ1) is 11.1. The second kappa shape index (κ2) is 6.50. The number of nitrogens with one attached hydrogen (secondary N) is 1. The zero-order chi connectivity index (χ0) is 16.3. The molecule has 5 nitrogen and oxygen atoms in total. The van der Waals surface area contributed by atoms with Crippen LogP contribution in [-0.2, 0) is 9.09 Å². The third kappa shape index (κ3) is 3.42. The molecular weight excluding hydrogens is 311 g/mol. The van der Waals surface area contributed by atoms with Crippen LogP contribution in [-0.4, -0.2) is 21.7 Å². The number of aromatic amines is 1. The van der Waals surface area contributed by atoms with E-state index in [2.05, 4.69) is 10.2 Å². The number of aromatic nitrogens is 2. The fourth-order valence-electron chi connectivity index (χ4n) is 2.31. The van der Waals surface area contributed by atoms with E-state index in [1.54, 1.807) is 25.1 Å². The predicted molar refractivity (Wildman–Crippen MR) is 92.5 cm³/mol. The molecule has 2 aromatic carbocycles. The van der Waals surface area contributed by atoms with Crippen molar-refractivity contribution in [1.82, 2.24) is 10.2 Å². The lowest BCUT2D eigenvalue weighted by Crippen LogP contribution is -2.06. The number of hydrogen-bond donors (Lipinski definition) is 2. The van der Waals surface area contributed by atoms with Gasteiger partial charge in [-0.25, -0.2) is 0 Å². The molecule has 0 saturated carbocycles. The average molecular weight is 328 g/mol. The topological polar surface area (TPSA) is 75.2 Å². The molecule has 0 fully saturated rings. The normalized spacial score (nSPS) is 14.3. The summed E-state index contributed by atoms with van der Waals surface area (Å²) in [6.07, 6.45) is 3.86. The molecule has 0 amide bonds. The van der Waals surface area contributed by atoms with Crippen molar-refractivity contribution in [3.8, 4) is 0 Å². The van der Waals surface area contributed by atoms with Gasteiger partial charge in [0.15, 0.2) is 0 Å². The van der Waals surface area contributed by atoms with E-state index in [1.165, 1.54) is 0 Å². The van der Waals surface area contributed by atoms with Crippen LogP contribution in [0.15, 0.2) is 48.5 Å². The van der Waals surface area contributed by atoms with Crippen LogP contribution in [0.25, 0.3) is 23.1 Å². The summed E-state index contributed by atoms with van der Waals surface area (Å²) in [7, 11) is -3.79. The van der Waals surface area contributed by atoms with E-state index in [0.29, 0.717) is 0 Å². The van der Waals surface area contributed by atoms with Crippen LogP contribution in [0.2, 0.25) is 0 Å². The molecule has 0 aliphatic rings. The monoisotopic (exact) mass is 328 g/mol.